The average molecular weight is 561 g/mol. The summed E-state index contributed by atoms with van der Waals surface area (Å²) in [6.45, 7) is 3.62. The molecule has 216 valence electrons. The molecule has 3 aromatic rings. The maximum atomic E-state index is 13.3. The van der Waals surface area contributed by atoms with Gasteiger partial charge in [-0.05, 0) is 63.3 Å². The van der Waals surface area contributed by atoms with Crippen molar-refractivity contribution in [1.29, 1.82) is 0 Å². The quantitative estimate of drug-likeness (QED) is 0.357. The number of aryl methyl sites for hydroxylation is 1. The molecule has 0 radical (unpaired) electrons. The van der Waals surface area contributed by atoms with E-state index in [1.54, 1.807) is 39.1 Å². The van der Waals surface area contributed by atoms with Crippen LogP contribution in [0.3, 0.4) is 0 Å². The maximum absolute atomic E-state index is 13.3. The summed E-state index contributed by atoms with van der Waals surface area (Å²) in [5, 5.41) is 24.7. The number of ether oxygens (including phenoxy) is 1. The van der Waals surface area contributed by atoms with Crippen molar-refractivity contribution in [2.45, 2.75) is 57.3 Å². The Balaban J connectivity index is 1.66. The summed E-state index contributed by atoms with van der Waals surface area (Å²) in [4.78, 5) is 23.3. The predicted molar refractivity (Wildman–Crippen MR) is 145 cm³/mol. The van der Waals surface area contributed by atoms with Gasteiger partial charge in [0.1, 0.15) is 17.4 Å². The number of carbonyl (C=O) groups excluding carboxylic acids is 1. The second-order valence-electron chi connectivity index (χ2n) is 10.5. The summed E-state index contributed by atoms with van der Waals surface area (Å²) in [5.41, 5.74) is -0.445. The first-order chi connectivity index (χ1) is 18.9. The van der Waals surface area contributed by atoms with Crippen molar-refractivity contribution in [1.82, 2.24) is 14.9 Å². The highest BCUT2D eigenvalue weighted by molar-refractivity contribution is 5.91. The molecule has 1 aromatic heterocycles. The van der Waals surface area contributed by atoms with Gasteiger partial charge < -0.3 is 25.2 Å². The minimum atomic E-state index is -4.45. The normalized spacial score (nSPS) is 20.3. The van der Waals surface area contributed by atoms with Gasteiger partial charge in [0.25, 0.3) is 0 Å². The van der Waals surface area contributed by atoms with Crippen molar-refractivity contribution in [2.75, 3.05) is 32.6 Å². The SMILES string of the molecule is COc1cc2nc(C)nc(N[C@H](C)c3cccc(C(F)(F)F)c3)c2cc1[C@]1(O)CC[C@H](C(=O)N(C)CCO)CC1. The van der Waals surface area contributed by atoms with E-state index in [4.69, 9.17) is 9.84 Å². The van der Waals surface area contributed by atoms with Crippen LogP contribution in [0.5, 0.6) is 5.75 Å². The van der Waals surface area contributed by atoms with Gasteiger partial charge in [-0.3, -0.25) is 4.79 Å². The number of halogens is 3. The molecule has 1 fully saturated rings. The molecule has 0 aliphatic heterocycles. The highest BCUT2D eigenvalue weighted by Gasteiger charge is 2.40. The van der Waals surface area contributed by atoms with Crippen LogP contribution in [0.1, 0.15) is 61.2 Å². The van der Waals surface area contributed by atoms with Crippen LogP contribution in [0.15, 0.2) is 36.4 Å². The number of amides is 1. The zero-order valence-corrected chi connectivity index (χ0v) is 23.0. The first kappa shape index (κ1) is 29.5. The van der Waals surface area contributed by atoms with E-state index in [1.807, 2.05) is 0 Å². The molecular formula is C29H35F3N4O4. The van der Waals surface area contributed by atoms with Crippen LogP contribution in [0.4, 0.5) is 19.0 Å². The number of rotatable bonds is 8. The molecule has 0 spiro atoms. The number of aliphatic hydroxyl groups is 2. The lowest BCUT2D eigenvalue weighted by Gasteiger charge is -2.37. The van der Waals surface area contributed by atoms with E-state index in [2.05, 4.69) is 15.3 Å². The summed E-state index contributed by atoms with van der Waals surface area (Å²) < 4.78 is 45.5. The van der Waals surface area contributed by atoms with Gasteiger partial charge in [0.05, 0.1) is 30.4 Å². The molecule has 1 aliphatic rings. The second kappa shape index (κ2) is 11.6. The molecule has 0 saturated heterocycles. The predicted octanol–water partition coefficient (Wildman–Crippen LogP) is 4.97. The van der Waals surface area contributed by atoms with Crippen LogP contribution in [0.25, 0.3) is 10.9 Å². The third-order valence-electron chi connectivity index (χ3n) is 7.67. The zero-order chi connectivity index (χ0) is 29.2. The Morgan fingerprint density at radius 1 is 1.23 bits per heavy atom. The monoisotopic (exact) mass is 560 g/mol. The number of benzene rings is 2. The van der Waals surface area contributed by atoms with Crippen LogP contribution in [-0.4, -0.2) is 58.3 Å². The fourth-order valence-corrected chi connectivity index (χ4v) is 5.37. The first-order valence-electron chi connectivity index (χ1n) is 13.2. The van der Waals surface area contributed by atoms with E-state index in [-0.39, 0.29) is 25.0 Å². The van der Waals surface area contributed by atoms with E-state index in [1.165, 1.54) is 18.1 Å². The molecule has 1 saturated carbocycles. The van der Waals surface area contributed by atoms with E-state index < -0.39 is 23.4 Å². The third kappa shape index (κ3) is 6.15. The molecular weight excluding hydrogens is 525 g/mol. The van der Waals surface area contributed by atoms with Crippen molar-refractivity contribution in [2.24, 2.45) is 5.92 Å². The van der Waals surface area contributed by atoms with Crippen molar-refractivity contribution in [3.8, 4) is 5.75 Å². The Morgan fingerprint density at radius 2 is 1.93 bits per heavy atom. The smallest absolute Gasteiger partial charge is 0.416 e. The van der Waals surface area contributed by atoms with Crippen LogP contribution in [0, 0.1) is 12.8 Å². The van der Waals surface area contributed by atoms with Gasteiger partial charge in [-0.25, -0.2) is 9.97 Å². The average Bonchev–Trinajstić information content (AvgIpc) is 2.92. The minimum Gasteiger partial charge on any atom is -0.496 e. The summed E-state index contributed by atoms with van der Waals surface area (Å²) in [7, 11) is 3.17. The molecule has 0 unspecified atom stereocenters. The van der Waals surface area contributed by atoms with Crippen LogP contribution in [-0.2, 0) is 16.6 Å². The third-order valence-corrected chi connectivity index (χ3v) is 7.67. The van der Waals surface area contributed by atoms with Crippen molar-refractivity contribution in [3.05, 3.63) is 58.9 Å². The fraction of sp³-hybridized carbons (Fsp3) is 0.483. The molecule has 8 nitrogen and oxygen atoms in total. The van der Waals surface area contributed by atoms with Gasteiger partial charge in [-0.15, -0.1) is 0 Å². The number of methoxy groups -OCH3 is 1. The lowest BCUT2D eigenvalue weighted by Crippen LogP contribution is -2.40. The Hall–Kier alpha value is -3.44. The van der Waals surface area contributed by atoms with Crippen molar-refractivity contribution >= 4 is 22.6 Å². The molecule has 1 aliphatic carbocycles. The van der Waals surface area contributed by atoms with E-state index in [0.717, 1.165) is 12.1 Å². The van der Waals surface area contributed by atoms with Crippen LogP contribution >= 0.6 is 0 Å². The largest absolute Gasteiger partial charge is 0.496 e. The number of carbonyl (C=O) groups is 1. The van der Waals surface area contributed by atoms with Crippen molar-refractivity contribution in [3.63, 3.8) is 0 Å². The Kier molecular flexibility index (Phi) is 8.55. The van der Waals surface area contributed by atoms with Gasteiger partial charge >= 0.3 is 6.18 Å². The number of hydrogen-bond acceptors (Lipinski definition) is 7. The molecule has 1 heterocycles. The number of fused-ring (bicyclic) bond motifs is 1. The highest BCUT2D eigenvalue weighted by Crippen LogP contribution is 2.45. The number of aliphatic hydroxyl groups excluding tert-OH is 1. The lowest BCUT2D eigenvalue weighted by molar-refractivity contribution is -0.138. The van der Waals surface area contributed by atoms with Crippen LogP contribution in [0.2, 0.25) is 0 Å². The van der Waals surface area contributed by atoms with Gasteiger partial charge in [0.2, 0.25) is 5.91 Å². The minimum absolute atomic E-state index is 0.0551. The van der Waals surface area contributed by atoms with Gasteiger partial charge in [0.15, 0.2) is 0 Å². The second-order valence-corrected chi connectivity index (χ2v) is 10.5. The van der Waals surface area contributed by atoms with Crippen LogP contribution < -0.4 is 10.1 Å². The molecule has 0 bridgehead atoms. The van der Waals surface area contributed by atoms with E-state index in [0.29, 0.717) is 65.1 Å². The Bertz CT molecular complexity index is 1370. The van der Waals surface area contributed by atoms with E-state index in [9.17, 15) is 23.1 Å². The number of alkyl halides is 3. The molecule has 2 aromatic carbocycles. The maximum Gasteiger partial charge on any atom is 0.416 e. The van der Waals surface area contributed by atoms with Gasteiger partial charge in [-0.2, -0.15) is 13.2 Å². The Morgan fingerprint density at radius 3 is 2.55 bits per heavy atom. The standard InChI is InChI=1S/C29H35F3N4O4/c1-17(20-6-5-7-21(14-20)29(30,31)32)33-26-22-15-23(25(40-4)16-24(22)34-18(2)35-26)28(39)10-8-19(9-11-28)27(38)36(3)12-13-37/h5-7,14-17,19,37,39H,8-13H2,1-4H3,(H,33,34,35)/t17-,19-,28-/m1/s1. The fourth-order valence-electron chi connectivity index (χ4n) is 5.37. The first-order valence-corrected chi connectivity index (χ1v) is 13.2. The molecule has 1 amide bonds. The molecule has 11 heteroatoms. The highest BCUT2D eigenvalue weighted by atomic mass is 19.4. The molecule has 1 atom stereocenters. The van der Waals surface area contributed by atoms with Crippen molar-refractivity contribution < 1.29 is 32.9 Å². The molecule has 4 rings (SSSR count). The number of likely N-dealkylation sites (N-methyl/N-ethyl adjacent to an activating group) is 1. The van der Waals surface area contributed by atoms with Gasteiger partial charge in [-0.1, -0.05) is 12.1 Å². The van der Waals surface area contributed by atoms with E-state index >= 15 is 0 Å². The summed E-state index contributed by atoms with van der Waals surface area (Å²) in [6.07, 6.45) is -2.86. The topological polar surface area (TPSA) is 108 Å². The molecule has 3 N–H and O–H groups in total. The number of nitrogens with one attached hydrogen (secondary N) is 1. The summed E-state index contributed by atoms with van der Waals surface area (Å²) >= 11 is 0. The zero-order valence-electron chi connectivity index (χ0n) is 23.0. The molecule has 40 heavy (non-hydrogen) atoms. The number of anilines is 1. The lowest BCUT2D eigenvalue weighted by atomic mass is 9.74. The number of aromatic nitrogens is 2. The number of hydrogen-bond donors (Lipinski definition) is 3. The van der Waals surface area contributed by atoms with Gasteiger partial charge in [0, 0.05) is 42.6 Å². The summed E-state index contributed by atoms with van der Waals surface area (Å²) in [5.74, 6) is 1.03. The Labute approximate surface area is 231 Å². The summed E-state index contributed by atoms with van der Waals surface area (Å²) in [6, 6.07) is 8.14. The number of nitrogens with zero attached hydrogens (tertiary/aromatic N) is 3.